The number of thioether (sulfide) groups is 2. The van der Waals surface area contributed by atoms with Crippen molar-refractivity contribution in [2.45, 2.75) is 29.9 Å². The fraction of sp³-hybridized carbons (Fsp3) is 0.900. The molecule has 2 saturated heterocycles. The fourth-order valence-electron chi connectivity index (χ4n) is 2.05. The lowest BCUT2D eigenvalue weighted by molar-refractivity contribution is -0.122. The Labute approximate surface area is 99.5 Å². The Kier molecular flexibility index (Phi) is 3.85. The van der Waals surface area contributed by atoms with Crippen molar-refractivity contribution in [2.75, 3.05) is 24.6 Å². The molecule has 2 aliphatic heterocycles. The SMILES string of the molecule is CCNC(=O)C1CC2(CN1)SCCCS2. The van der Waals surface area contributed by atoms with Crippen LogP contribution in [0.4, 0.5) is 0 Å². The van der Waals surface area contributed by atoms with Crippen LogP contribution in [0.5, 0.6) is 0 Å². The van der Waals surface area contributed by atoms with Crippen molar-refractivity contribution >= 4 is 29.4 Å². The van der Waals surface area contributed by atoms with Gasteiger partial charge in [0.15, 0.2) is 0 Å². The fourth-order valence-corrected chi connectivity index (χ4v) is 5.33. The first kappa shape index (κ1) is 11.6. The summed E-state index contributed by atoms with van der Waals surface area (Å²) in [6, 6.07) is 0.0306. The lowest BCUT2D eigenvalue weighted by atomic mass is 10.2. The van der Waals surface area contributed by atoms with Crippen LogP contribution in [-0.4, -0.2) is 40.6 Å². The van der Waals surface area contributed by atoms with Crippen LogP contribution in [0.1, 0.15) is 19.8 Å². The maximum Gasteiger partial charge on any atom is 0.237 e. The third-order valence-corrected chi connectivity index (χ3v) is 6.19. The highest BCUT2D eigenvalue weighted by atomic mass is 32.2. The number of rotatable bonds is 2. The first-order valence-corrected chi connectivity index (χ1v) is 7.52. The maximum atomic E-state index is 11.7. The van der Waals surface area contributed by atoms with Gasteiger partial charge in [0.25, 0.3) is 0 Å². The molecule has 1 amide bonds. The van der Waals surface area contributed by atoms with Gasteiger partial charge in [0.1, 0.15) is 0 Å². The second kappa shape index (κ2) is 4.97. The molecule has 3 nitrogen and oxygen atoms in total. The van der Waals surface area contributed by atoms with Gasteiger partial charge in [-0.05, 0) is 31.3 Å². The zero-order valence-corrected chi connectivity index (χ0v) is 10.7. The molecule has 2 heterocycles. The average Bonchev–Trinajstić information content (AvgIpc) is 2.64. The normalized spacial score (nSPS) is 29.3. The molecule has 0 aromatic carbocycles. The van der Waals surface area contributed by atoms with Crippen LogP contribution in [0.2, 0.25) is 0 Å². The van der Waals surface area contributed by atoms with Crippen molar-refractivity contribution in [2.24, 2.45) is 0 Å². The summed E-state index contributed by atoms with van der Waals surface area (Å²) in [5, 5.41) is 6.24. The van der Waals surface area contributed by atoms with Gasteiger partial charge in [0.05, 0.1) is 10.1 Å². The highest BCUT2D eigenvalue weighted by molar-refractivity contribution is 8.18. The van der Waals surface area contributed by atoms with E-state index in [2.05, 4.69) is 10.6 Å². The molecule has 1 spiro atoms. The minimum atomic E-state index is 0.0306. The van der Waals surface area contributed by atoms with E-state index >= 15 is 0 Å². The second-order valence-corrected chi connectivity index (χ2v) is 7.21. The topological polar surface area (TPSA) is 41.1 Å². The summed E-state index contributed by atoms with van der Waals surface area (Å²) >= 11 is 4.07. The molecule has 5 heteroatoms. The molecule has 0 aromatic rings. The number of carbonyl (C=O) groups excluding carboxylic acids is 1. The average molecular weight is 246 g/mol. The van der Waals surface area contributed by atoms with Gasteiger partial charge < -0.3 is 10.6 Å². The maximum absolute atomic E-state index is 11.7. The number of hydrogen-bond acceptors (Lipinski definition) is 4. The number of hydrogen-bond donors (Lipinski definition) is 2. The Morgan fingerprint density at radius 1 is 1.53 bits per heavy atom. The molecule has 86 valence electrons. The van der Waals surface area contributed by atoms with E-state index in [1.807, 2.05) is 30.4 Å². The van der Waals surface area contributed by atoms with Crippen LogP contribution in [-0.2, 0) is 4.79 Å². The molecule has 0 aliphatic carbocycles. The van der Waals surface area contributed by atoms with Crippen molar-refractivity contribution < 1.29 is 4.79 Å². The van der Waals surface area contributed by atoms with E-state index in [0.717, 1.165) is 19.5 Å². The Hall–Kier alpha value is 0.130. The van der Waals surface area contributed by atoms with Gasteiger partial charge in [0.2, 0.25) is 5.91 Å². The molecular formula is C10H18N2OS2. The van der Waals surface area contributed by atoms with Crippen molar-refractivity contribution in [1.82, 2.24) is 10.6 Å². The molecule has 1 atom stereocenters. The summed E-state index contributed by atoms with van der Waals surface area (Å²) < 4.78 is 0.286. The lowest BCUT2D eigenvalue weighted by Gasteiger charge is -2.31. The van der Waals surface area contributed by atoms with Crippen LogP contribution in [0.25, 0.3) is 0 Å². The Morgan fingerprint density at radius 3 is 2.93 bits per heavy atom. The van der Waals surface area contributed by atoms with Gasteiger partial charge >= 0.3 is 0 Å². The first-order valence-electron chi connectivity index (χ1n) is 5.55. The second-order valence-electron chi connectivity index (χ2n) is 3.99. The molecule has 0 bridgehead atoms. The smallest absolute Gasteiger partial charge is 0.237 e. The molecule has 2 aliphatic rings. The standard InChI is InChI=1S/C10H18N2OS2/c1-2-11-9(13)8-6-10(7-12-8)14-4-3-5-15-10/h8,12H,2-7H2,1H3,(H,11,13). The van der Waals surface area contributed by atoms with Gasteiger partial charge in [0, 0.05) is 13.1 Å². The van der Waals surface area contributed by atoms with Crippen LogP contribution >= 0.6 is 23.5 Å². The van der Waals surface area contributed by atoms with Gasteiger partial charge in [-0.15, -0.1) is 23.5 Å². The Bertz CT molecular complexity index is 242. The molecule has 1 unspecified atom stereocenters. The summed E-state index contributed by atoms with van der Waals surface area (Å²) in [5.74, 6) is 2.66. The molecule has 2 fully saturated rings. The predicted octanol–water partition coefficient (Wildman–Crippen LogP) is 1.05. The van der Waals surface area contributed by atoms with Gasteiger partial charge in [-0.2, -0.15) is 0 Å². The van der Waals surface area contributed by atoms with E-state index in [4.69, 9.17) is 0 Å². The van der Waals surface area contributed by atoms with E-state index < -0.39 is 0 Å². The lowest BCUT2D eigenvalue weighted by Crippen LogP contribution is -2.40. The minimum Gasteiger partial charge on any atom is -0.355 e. The number of nitrogens with one attached hydrogen (secondary N) is 2. The highest BCUT2D eigenvalue weighted by Gasteiger charge is 2.43. The van der Waals surface area contributed by atoms with Crippen molar-refractivity contribution in [3.8, 4) is 0 Å². The summed E-state index contributed by atoms with van der Waals surface area (Å²) in [6.45, 7) is 3.67. The molecule has 0 aromatic heterocycles. The molecule has 2 rings (SSSR count). The van der Waals surface area contributed by atoms with Crippen molar-refractivity contribution in [1.29, 1.82) is 0 Å². The number of amides is 1. The summed E-state index contributed by atoms with van der Waals surface area (Å²) in [5.41, 5.74) is 0. The van der Waals surface area contributed by atoms with Gasteiger partial charge in [-0.3, -0.25) is 4.79 Å². The molecule has 15 heavy (non-hydrogen) atoms. The van der Waals surface area contributed by atoms with Crippen LogP contribution in [0.3, 0.4) is 0 Å². The zero-order chi connectivity index (χ0) is 10.7. The number of carbonyl (C=O) groups is 1. The predicted molar refractivity (Wildman–Crippen MR) is 67.4 cm³/mol. The minimum absolute atomic E-state index is 0.0306. The third-order valence-electron chi connectivity index (χ3n) is 2.82. The molecule has 0 saturated carbocycles. The summed E-state index contributed by atoms with van der Waals surface area (Å²) in [6.07, 6.45) is 2.29. The molecular weight excluding hydrogens is 228 g/mol. The summed E-state index contributed by atoms with van der Waals surface area (Å²) in [7, 11) is 0. The van der Waals surface area contributed by atoms with Crippen LogP contribution in [0.15, 0.2) is 0 Å². The highest BCUT2D eigenvalue weighted by Crippen LogP contribution is 2.47. The van der Waals surface area contributed by atoms with Crippen molar-refractivity contribution in [3.63, 3.8) is 0 Å². The Balaban J connectivity index is 1.90. The quantitative estimate of drug-likeness (QED) is 0.764. The van der Waals surface area contributed by atoms with E-state index in [0.29, 0.717) is 0 Å². The van der Waals surface area contributed by atoms with Crippen LogP contribution in [0, 0.1) is 0 Å². The van der Waals surface area contributed by atoms with Crippen molar-refractivity contribution in [3.05, 3.63) is 0 Å². The first-order chi connectivity index (χ1) is 7.26. The molecule has 0 radical (unpaired) electrons. The third kappa shape index (κ3) is 2.63. The summed E-state index contributed by atoms with van der Waals surface area (Å²) in [4.78, 5) is 11.7. The van der Waals surface area contributed by atoms with E-state index in [9.17, 15) is 4.79 Å². The van der Waals surface area contributed by atoms with Gasteiger partial charge in [-0.25, -0.2) is 0 Å². The van der Waals surface area contributed by atoms with E-state index in [1.165, 1.54) is 17.9 Å². The number of likely N-dealkylation sites (N-methyl/N-ethyl adjacent to an activating group) is 1. The van der Waals surface area contributed by atoms with Crippen LogP contribution < -0.4 is 10.6 Å². The zero-order valence-electron chi connectivity index (χ0n) is 9.04. The molecule has 2 N–H and O–H groups in total. The monoisotopic (exact) mass is 246 g/mol. The van der Waals surface area contributed by atoms with E-state index in [1.54, 1.807) is 0 Å². The van der Waals surface area contributed by atoms with Gasteiger partial charge in [-0.1, -0.05) is 0 Å². The van der Waals surface area contributed by atoms with E-state index in [-0.39, 0.29) is 16.0 Å². The largest absolute Gasteiger partial charge is 0.355 e. The Morgan fingerprint density at radius 2 is 2.27 bits per heavy atom.